The van der Waals surface area contributed by atoms with Gasteiger partial charge in [0.1, 0.15) is 0 Å². The lowest BCUT2D eigenvalue weighted by atomic mass is 10.1. The smallest absolute Gasteiger partial charge is 0.338 e. The second-order valence-corrected chi connectivity index (χ2v) is 6.40. The SMILES string of the molecule is CCCCCNC(=O)COC(=O)c1ccc(N2CCC(O)CC2)cc1. The molecule has 0 atom stereocenters. The topological polar surface area (TPSA) is 78.9 Å². The van der Waals surface area contributed by atoms with Crippen LogP contribution in [-0.4, -0.2) is 49.3 Å². The van der Waals surface area contributed by atoms with Crippen LogP contribution in [-0.2, 0) is 9.53 Å². The molecule has 6 heteroatoms. The Kier molecular flexibility index (Phi) is 7.73. The molecule has 2 rings (SSSR count). The van der Waals surface area contributed by atoms with Crippen LogP contribution in [0.2, 0.25) is 0 Å². The Morgan fingerprint density at radius 1 is 1.20 bits per heavy atom. The molecule has 1 fully saturated rings. The van der Waals surface area contributed by atoms with Gasteiger partial charge in [0.2, 0.25) is 0 Å². The minimum Gasteiger partial charge on any atom is -0.452 e. The predicted octanol–water partition coefficient (Wildman–Crippen LogP) is 2.11. The van der Waals surface area contributed by atoms with Crippen molar-refractivity contribution in [1.29, 1.82) is 0 Å². The monoisotopic (exact) mass is 348 g/mol. The number of benzene rings is 1. The van der Waals surface area contributed by atoms with E-state index >= 15 is 0 Å². The van der Waals surface area contributed by atoms with E-state index in [9.17, 15) is 14.7 Å². The van der Waals surface area contributed by atoms with Crippen molar-refractivity contribution in [3.8, 4) is 0 Å². The van der Waals surface area contributed by atoms with Crippen molar-refractivity contribution >= 4 is 17.6 Å². The lowest BCUT2D eigenvalue weighted by Gasteiger charge is -2.31. The Hall–Kier alpha value is -2.08. The second-order valence-electron chi connectivity index (χ2n) is 6.40. The van der Waals surface area contributed by atoms with E-state index < -0.39 is 5.97 Å². The molecular weight excluding hydrogens is 320 g/mol. The van der Waals surface area contributed by atoms with Crippen LogP contribution < -0.4 is 10.2 Å². The second kappa shape index (κ2) is 10.0. The van der Waals surface area contributed by atoms with E-state index in [4.69, 9.17) is 4.74 Å². The molecule has 1 aromatic carbocycles. The highest BCUT2D eigenvalue weighted by atomic mass is 16.5. The number of rotatable bonds is 8. The molecule has 138 valence electrons. The number of amides is 1. The van der Waals surface area contributed by atoms with Gasteiger partial charge in [-0.05, 0) is 43.5 Å². The van der Waals surface area contributed by atoms with Crippen molar-refractivity contribution in [2.75, 3.05) is 31.1 Å². The van der Waals surface area contributed by atoms with E-state index in [1.807, 2.05) is 12.1 Å². The Labute approximate surface area is 149 Å². The molecule has 0 bridgehead atoms. The minimum absolute atomic E-state index is 0.210. The molecule has 0 saturated carbocycles. The van der Waals surface area contributed by atoms with Crippen LogP contribution in [0, 0.1) is 0 Å². The molecule has 0 radical (unpaired) electrons. The zero-order valence-corrected chi connectivity index (χ0v) is 14.9. The third-order valence-corrected chi connectivity index (χ3v) is 4.37. The molecule has 1 aromatic rings. The summed E-state index contributed by atoms with van der Waals surface area (Å²) in [7, 11) is 0. The van der Waals surface area contributed by atoms with Crippen LogP contribution >= 0.6 is 0 Å². The summed E-state index contributed by atoms with van der Waals surface area (Å²) in [5.41, 5.74) is 1.46. The predicted molar refractivity (Wildman–Crippen MR) is 96.7 cm³/mol. The third-order valence-electron chi connectivity index (χ3n) is 4.37. The number of nitrogens with one attached hydrogen (secondary N) is 1. The van der Waals surface area contributed by atoms with E-state index in [1.165, 1.54) is 0 Å². The van der Waals surface area contributed by atoms with Crippen molar-refractivity contribution in [3.05, 3.63) is 29.8 Å². The van der Waals surface area contributed by atoms with Gasteiger partial charge in [0.15, 0.2) is 6.61 Å². The standard InChI is InChI=1S/C19H28N2O4/c1-2-3-4-11-20-18(23)14-25-19(24)15-5-7-16(8-6-15)21-12-9-17(22)10-13-21/h5-8,17,22H,2-4,9-14H2,1H3,(H,20,23). The van der Waals surface area contributed by atoms with Gasteiger partial charge in [0.05, 0.1) is 11.7 Å². The number of unbranched alkanes of at least 4 members (excludes halogenated alkanes) is 2. The van der Waals surface area contributed by atoms with Crippen molar-refractivity contribution in [2.24, 2.45) is 0 Å². The van der Waals surface area contributed by atoms with Crippen LogP contribution in [0.5, 0.6) is 0 Å². The molecule has 2 N–H and O–H groups in total. The summed E-state index contributed by atoms with van der Waals surface area (Å²) in [5, 5.41) is 12.3. The lowest BCUT2D eigenvalue weighted by molar-refractivity contribution is -0.124. The molecule has 0 unspecified atom stereocenters. The highest BCUT2D eigenvalue weighted by molar-refractivity contribution is 5.91. The highest BCUT2D eigenvalue weighted by Crippen LogP contribution is 2.20. The van der Waals surface area contributed by atoms with E-state index in [-0.39, 0.29) is 18.6 Å². The Bertz CT molecular complexity index is 551. The van der Waals surface area contributed by atoms with E-state index in [0.29, 0.717) is 12.1 Å². The van der Waals surface area contributed by atoms with Crippen LogP contribution in [0.15, 0.2) is 24.3 Å². The zero-order valence-electron chi connectivity index (χ0n) is 14.9. The maximum atomic E-state index is 12.0. The number of nitrogens with zero attached hydrogens (tertiary/aromatic N) is 1. The number of carbonyl (C=O) groups excluding carboxylic acids is 2. The van der Waals surface area contributed by atoms with Crippen molar-refractivity contribution in [1.82, 2.24) is 5.32 Å². The molecule has 1 heterocycles. The van der Waals surface area contributed by atoms with Crippen LogP contribution in [0.3, 0.4) is 0 Å². The molecule has 1 aliphatic heterocycles. The average molecular weight is 348 g/mol. The number of hydrogen-bond acceptors (Lipinski definition) is 5. The first-order chi connectivity index (χ1) is 12.1. The maximum absolute atomic E-state index is 12.0. The fraction of sp³-hybridized carbons (Fsp3) is 0.579. The molecule has 25 heavy (non-hydrogen) atoms. The van der Waals surface area contributed by atoms with Gasteiger partial charge in [-0.1, -0.05) is 19.8 Å². The fourth-order valence-electron chi connectivity index (χ4n) is 2.80. The van der Waals surface area contributed by atoms with Gasteiger partial charge in [-0.25, -0.2) is 4.79 Å². The molecule has 0 aliphatic carbocycles. The Morgan fingerprint density at radius 2 is 1.88 bits per heavy atom. The fourth-order valence-corrected chi connectivity index (χ4v) is 2.80. The van der Waals surface area contributed by atoms with Gasteiger partial charge in [0, 0.05) is 25.3 Å². The van der Waals surface area contributed by atoms with Crippen molar-refractivity contribution < 1.29 is 19.4 Å². The van der Waals surface area contributed by atoms with Crippen molar-refractivity contribution in [3.63, 3.8) is 0 Å². The normalized spacial score (nSPS) is 15.0. The number of anilines is 1. The van der Waals surface area contributed by atoms with Gasteiger partial charge in [-0.3, -0.25) is 4.79 Å². The molecule has 1 saturated heterocycles. The van der Waals surface area contributed by atoms with Gasteiger partial charge in [-0.15, -0.1) is 0 Å². The maximum Gasteiger partial charge on any atom is 0.338 e. The summed E-state index contributed by atoms with van der Waals surface area (Å²) in [6.45, 7) is 4.08. The number of carbonyl (C=O) groups is 2. The molecule has 1 aliphatic rings. The van der Waals surface area contributed by atoms with E-state index in [0.717, 1.165) is 50.9 Å². The summed E-state index contributed by atoms with van der Waals surface area (Å²) in [5.74, 6) is -0.766. The summed E-state index contributed by atoms with van der Waals surface area (Å²) in [4.78, 5) is 25.8. The molecule has 6 nitrogen and oxygen atoms in total. The number of hydrogen-bond donors (Lipinski definition) is 2. The van der Waals surface area contributed by atoms with Crippen molar-refractivity contribution in [2.45, 2.75) is 45.1 Å². The average Bonchev–Trinajstić information content (AvgIpc) is 2.64. The third kappa shape index (κ3) is 6.38. The first-order valence-electron chi connectivity index (χ1n) is 9.07. The largest absolute Gasteiger partial charge is 0.452 e. The molecule has 0 aromatic heterocycles. The van der Waals surface area contributed by atoms with Gasteiger partial charge < -0.3 is 20.1 Å². The zero-order chi connectivity index (χ0) is 18.1. The number of piperidine rings is 1. The molecule has 1 amide bonds. The number of esters is 1. The summed E-state index contributed by atoms with van der Waals surface area (Å²) < 4.78 is 5.05. The van der Waals surface area contributed by atoms with Gasteiger partial charge >= 0.3 is 5.97 Å². The van der Waals surface area contributed by atoms with Gasteiger partial charge in [-0.2, -0.15) is 0 Å². The first-order valence-corrected chi connectivity index (χ1v) is 9.07. The quantitative estimate of drug-likeness (QED) is 0.556. The molecular formula is C19H28N2O4. The highest BCUT2D eigenvalue weighted by Gasteiger charge is 2.17. The van der Waals surface area contributed by atoms with Crippen LogP contribution in [0.25, 0.3) is 0 Å². The Balaban J connectivity index is 1.75. The number of aliphatic hydroxyl groups is 1. The van der Waals surface area contributed by atoms with Crippen LogP contribution in [0.4, 0.5) is 5.69 Å². The van der Waals surface area contributed by atoms with Gasteiger partial charge in [0.25, 0.3) is 5.91 Å². The lowest BCUT2D eigenvalue weighted by Crippen LogP contribution is -2.35. The summed E-state index contributed by atoms with van der Waals surface area (Å²) in [6.07, 6.45) is 4.42. The Morgan fingerprint density at radius 3 is 2.52 bits per heavy atom. The van der Waals surface area contributed by atoms with Crippen LogP contribution in [0.1, 0.15) is 49.4 Å². The van der Waals surface area contributed by atoms with E-state index in [2.05, 4.69) is 17.1 Å². The number of aliphatic hydroxyl groups excluding tert-OH is 1. The molecule has 0 spiro atoms. The van der Waals surface area contributed by atoms with E-state index in [1.54, 1.807) is 12.1 Å². The number of ether oxygens (including phenoxy) is 1. The summed E-state index contributed by atoms with van der Waals surface area (Å²) in [6, 6.07) is 7.17. The minimum atomic E-state index is -0.496. The first kappa shape index (κ1) is 19.2. The summed E-state index contributed by atoms with van der Waals surface area (Å²) >= 11 is 0.